The van der Waals surface area contributed by atoms with E-state index in [9.17, 15) is 4.79 Å². The highest BCUT2D eigenvalue weighted by Crippen LogP contribution is 2.19. The van der Waals surface area contributed by atoms with Crippen LogP contribution in [0.2, 0.25) is 5.02 Å². The van der Waals surface area contributed by atoms with Gasteiger partial charge in [0.1, 0.15) is 0 Å². The predicted octanol–water partition coefficient (Wildman–Crippen LogP) is 3.35. The summed E-state index contributed by atoms with van der Waals surface area (Å²) in [6, 6.07) is 14.4. The summed E-state index contributed by atoms with van der Waals surface area (Å²) in [5.41, 5.74) is 7.63. The molecule has 0 spiro atoms. The third kappa shape index (κ3) is 2.66. The molecule has 0 atom stereocenters. The maximum Gasteiger partial charge on any atom is 0.169 e. The Morgan fingerprint density at radius 1 is 1.06 bits per heavy atom. The Balaban J connectivity index is 2.24. The molecule has 0 aliphatic rings. The van der Waals surface area contributed by atoms with E-state index in [1.165, 1.54) is 0 Å². The van der Waals surface area contributed by atoms with Crippen molar-refractivity contribution in [3.8, 4) is 0 Å². The zero-order chi connectivity index (χ0) is 12.3. The van der Waals surface area contributed by atoms with Gasteiger partial charge in [-0.05, 0) is 23.8 Å². The number of rotatable bonds is 3. The zero-order valence-electron chi connectivity index (χ0n) is 9.19. The standard InChI is InChI=1S/C14H12ClNO/c15-12-7-3-1-5-10(12)9-14(17)11-6-2-4-8-13(11)16/h1-8H,9,16H2. The fourth-order valence-corrected chi connectivity index (χ4v) is 1.86. The molecule has 0 aliphatic heterocycles. The van der Waals surface area contributed by atoms with Crippen molar-refractivity contribution in [2.24, 2.45) is 0 Å². The van der Waals surface area contributed by atoms with Gasteiger partial charge in [-0.1, -0.05) is 41.9 Å². The van der Waals surface area contributed by atoms with Gasteiger partial charge < -0.3 is 5.73 Å². The first-order chi connectivity index (χ1) is 8.18. The summed E-state index contributed by atoms with van der Waals surface area (Å²) in [7, 11) is 0. The fourth-order valence-electron chi connectivity index (χ4n) is 1.66. The van der Waals surface area contributed by atoms with Gasteiger partial charge in [0.15, 0.2) is 5.78 Å². The molecule has 0 aromatic heterocycles. The van der Waals surface area contributed by atoms with Crippen molar-refractivity contribution in [3.05, 3.63) is 64.7 Å². The predicted molar refractivity (Wildman–Crippen MR) is 70.3 cm³/mol. The second-order valence-corrected chi connectivity index (χ2v) is 4.19. The Hall–Kier alpha value is -1.80. The van der Waals surface area contributed by atoms with Crippen LogP contribution in [0.15, 0.2) is 48.5 Å². The molecule has 0 saturated carbocycles. The number of carbonyl (C=O) groups excluding carboxylic acids is 1. The lowest BCUT2D eigenvalue weighted by atomic mass is 10.0. The van der Waals surface area contributed by atoms with Gasteiger partial charge >= 0.3 is 0 Å². The molecular weight excluding hydrogens is 234 g/mol. The first-order valence-corrected chi connectivity index (χ1v) is 5.67. The topological polar surface area (TPSA) is 43.1 Å². The molecule has 0 fully saturated rings. The van der Waals surface area contributed by atoms with E-state index >= 15 is 0 Å². The molecule has 2 aromatic carbocycles. The molecule has 0 amide bonds. The number of halogens is 1. The fraction of sp³-hybridized carbons (Fsp3) is 0.0714. The zero-order valence-corrected chi connectivity index (χ0v) is 9.95. The number of benzene rings is 2. The van der Waals surface area contributed by atoms with Crippen molar-refractivity contribution in [2.75, 3.05) is 5.73 Å². The van der Waals surface area contributed by atoms with Crippen molar-refractivity contribution >= 4 is 23.1 Å². The minimum atomic E-state index is -0.0174. The van der Waals surface area contributed by atoms with Crippen molar-refractivity contribution in [1.29, 1.82) is 0 Å². The number of Topliss-reactive ketones (excluding diaryl/α,β-unsaturated/α-hetero) is 1. The van der Waals surface area contributed by atoms with Crippen molar-refractivity contribution in [3.63, 3.8) is 0 Å². The Bertz CT molecular complexity index is 551. The van der Waals surface area contributed by atoms with Crippen LogP contribution in [-0.4, -0.2) is 5.78 Å². The van der Waals surface area contributed by atoms with Crippen molar-refractivity contribution < 1.29 is 4.79 Å². The van der Waals surface area contributed by atoms with Gasteiger partial charge in [0.2, 0.25) is 0 Å². The van der Waals surface area contributed by atoms with E-state index in [0.717, 1.165) is 5.56 Å². The normalized spacial score (nSPS) is 10.2. The molecule has 0 unspecified atom stereocenters. The lowest BCUT2D eigenvalue weighted by Crippen LogP contribution is -2.07. The van der Waals surface area contributed by atoms with E-state index in [1.54, 1.807) is 24.3 Å². The number of nitrogen functional groups attached to an aromatic ring is 1. The van der Waals surface area contributed by atoms with Gasteiger partial charge in [-0.2, -0.15) is 0 Å². The molecule has 2 rings (SSSR count). The molecule has 2 aromatic rings. The number of anilines is 1. The number of nitrogens with two attached hydrogens (primary N) is 1. The van der Waals surface area contributed by atoms with Crippen LogP contribution in [0.3, 0.4) is 0 Å². The molecule has 2 nitrogen and oxygen atoms in total. The molecule has 3 heteroatoms. The highest BCUT2D eigenvalue weighted by molar-refractivity contribution is 6.31. The van der Waals surface area contributed by atoms with Gasteiger partial charge in [0, 0.05) is 22.7 Å². The van der Waals surface area contributed by atoms with E-state index in [4.69, 9.17) is 17.3 Å². The second-order valence-electron chi connectivity index (χ2n) is 3.78. The Labute approximate surface area is 105 Å². The third-order valence-corrected chi connectivity index (χ3v) is 2.94. The summed E-state index contributed by atoms with van der Waals surface area (Å²) in [5.74, 6) is -0.0174. The average Bonchev–Trinajstić information content (AvgIpc) is 2.32. The highest BCUT2D eigenvalue weighted by atomic mass is 35.5. The van der Waals surface area contributed by atoms with E-state index < -0.39 is 0 Å². The Morgan fingerprint density at radius 3 is 2.41 bits per heavy atom. The SMILES string of the molecule is Nc1ccccc1C(=O)Cc1ccccc1Cl. The molecule has 17 heavy (non-hydrogen) atoms. The smallest absolute Gasteiger partial charge is 0.169 e. The first-order valence-electron chi connectivity index (χ1n) is 5.29. The molecule has 2 N–H and O–H groups in total. The van der Waals surface area contributed by atoms with E-state index in [0.29, 0.717) is 16.3 Å². The number of ketones is 1. The summed E-state index contributed by atoms with van der Waals surface area (Å²) < 4.78 is 0. The summed E-state index contributed by atoms with van der Waals surface area (Å²) in [5, 5.41) is 0.607. The van der Waals surface area contributed by atoms with Crippen LogP contribution in [0, 0.1) is 0 Å². The minimum Gasteiger partial charge on any atom is -0.398 e. The van der Waals surface area contributed by atoms with Crippen LogP contribution in [-0.2, 0) is 6.42 Å². The Morgan fingerprint density at radius 2 is 1.71 bits per heavy atom. The Kier molecular flexibility index (Phi) is 3.45. The van der Waals surface area contributed by atoms with Crippen molar-refractivity contribution in [2.45, 2.75) is 6.42 Å². The van der Waals surface area contributed by atoms with E-state index in [-0.39, 0.29) is 12.2 Å². The largest absolute Gasteiger partial charge is 0.398 e. The second kappa shape index (κ2) is 5.02. The number of carbonyl (C=O) groups is 1. The molecule has 0 radical (unpaired) electrons. The van der Waals surface area contributed by atoms with Gasteiger partial charge in [0.25, 0.3) is 0 Å². The lowest BCUT2D eigenvalue weighted by molar-refractivity contribution is 0.0994. The lowest BCUT2D eigenvalue weighted by Gasteiger charge is -2.05. The third-order valence-electron chi connectivity index (χ3n) is 2.57. The monoisotopic (exact) mass is 245 g/mol. The van der Waals surface area contributed by atoms with E-state index in [1.807, 2.05) is 24.3 Å². The van der Waals surface area contributed by atoms with Crippen LogP contribution < -0.4 is 5.73 Å². The summed E-state index contributed by atoms with van der Waals surface area (Å²) in [6.07, 6.45) is 0.272. The van der Waals surface area contributed by atoms with Gasteiger partial charge in [-0.3, -0.25) is 4.79 Å². The number of hydrogen-bond donors (Lipinski definition) is 1. The maximum atomic E-state index is 12.0. The number of hydrogen-bond acceptors (Lipinski definition) is 2. The van der Waals surface area contributed by atoms with E-state index in [2.05, 4.69) is 0 Å². The average molecular weight is 246 g/mol. The highest BCUT2D eigenvalue weighted by Gasteiger charge is 2.11. The molecule has 0 bridgehead atoms. The van der Waals surface area contributed by atoms with Crippen LogP contribution >= 0.6 is 11.6 Å². The van der Waals surface area contributed by atoms with Crippen LogP contribution in [0.5, 0.6) is 0 Å². The van der Waals surface area contributed by atoms with Crippen LogP contribution in [0.1, 0.15) is 15.9 Å². The molecule has 86 valence electrons. The molecule has 0 saturated heterocycles. The summed E-state index contributed by atoms with van der Waals surface area (Å²) in [6.45, 7) is 0. The molecule has 0 heterocycles. The molecular formula is C14H12ClNO. The van der Waals surface area contributed by atoms with Gasteiger partial charge in [0.05, 0.1) is 0 Å². The number of para-hydroxylation sites is 1. The van der Waals surface area contributed by atoms with Gasteiger partial charge in [-0.25, -0.2) is 0 Å². The van der Waals surface area contributed by atoms with Crippen LogP contribution in [0.4, 0.5) is 5.69 Å². The van der Waals surface area contributed by atoms with Crippen molar-refractivity contribution in [1.82, 2.24) is 0 Å². The maximum absolute atomic E-state index is 12.0. The summed E-state index contributed by atoms with van der Waals surface area (Å²) >= 11 is 6.01. The quantitative estimate of drug-likeness (QED) is 0.666. The van der Waals surface area contributed by atoms with Gasteiger partial charge in [-0.15, -0.1) is 0 Å². The first kappa shape index (κ1) is 11.7. The summed E-state index contributed by atoms with van der Waals surface area (Å²) in [4.78, 5) is 12.0. The minimum absolute atomic E-state index is 0.0174. The van der Waals surface area contributed by atoms with Crippen LogP contribution in [0.25, 0.3) is 0 Å². The molecule has 0 aliphatic carbocycles.